The first kappa shape index (κ1) is 11.7. The standard InChI is InChI=1S/C15H21N3/c1-2-11-7-8-12(16)15(9-11)18-10-17-13-5-3-4-6-14(13)18/h3-6,10-12,15H,2,7-9,16H2,1H3. The molecule has 1 aromatic carbocycles. The maximum Gasteiger partial charge on any atom is 0.0961 e. The minimum atomic E-state index is 0.269. The second-order valence-electron chi connectivity index (χ2n) is 5.46. The van der Waals surface area contributed by atoms with Crippen LogP contribution in [0.5, 0.6) is 0 Å². The van der Waals surface area contributed by atoms with E-state index < -0.39 is 0 Å². The Morgan fingerprint density at radius 3 is 3.00 bits per heavy atom. The van der Waals surface area contributed by atoms with E-state index in [4.69, 9.17) is 5.73 Å². The molecule has 3 nitrogen and oxygen atoms in total. The van der Waals surface area contributed by atoms with Crippen molar-refractivity contribution in [2.24, 2.45) is 11.7 Å². The van der Waals surface area contributed by atoms with E-state index in [0.29, 0.717) is 6.04 Å². The lowest BCUT2D eigenvalue weighted by Gasteiger charge is -2.34. The van der Waals surface area contributed by atoms with Crippen LogP contribution < -0.4 is 5.73 Å². The number of hydrogen-bond donors (Lipinski definition) is 1. The number of fused-ring (bicyclic) bond motifs is 1. The van der Waals surface area contributed by atoms with E-state index in [1.165, 1.54) is 24.8 Å². The first-order valence-corrected chi connectivity index (χ1v) is 6.96. The average Bonchev–Trinajstić information content (AvgIpc) is 2.83. The van der Waals surface area contributed by atoms with Gasteiger partial charge in [-0.15, -0.1) is 0 Å². The van der Waals surface area contributed by atoms with Crippen LogP contribution in [0.4, 0.5) is 0 Å². The van der Waals surface area contributed by atoms with Crippen molar-refractivity contribution in [3.8, 4) is 0 Å². The van der Waals surface area contributed by atoms with Gasteiger partial charge in [-0.1, -0.05) is 25.5 Å². The zero-order chi connectivity index (χ0) is 12.5. The molecule has 3 rings (SSSR count). The maximum absolute atomic E-state index is 6.33. The number of rotatable bonds is 2. The first-order chi connectivity index (χ1) is 8.79. The van der Waals surface area contributed by atoms with E-state index in [1.54, 1.807) is 0 Å². The predicted molar refractivity (Wildman–Crippen MR) is 74.4 cm³/mol. The molecular weight excluding hydrogens is 222 g/mol. The monoisotopic (exact) mass is 243 g/mol. The van der Waals surface area contributed by atoms with E-state index in [-0.39, 0.29) is 6.04 Å². The van der Waals surface area contributed by atoms with Crippen LogP contribution >= 0.6 is 0 Å². The van der Waals surface area contributed by atoms with Crippen LogP contribution in [0.25, 0.3) is 11.0 Å². The van der Waals surface area contributed by atoms with Crippen molar-refractivity contribution >= 4 is 11.0 Å². The summed E-state index contributed by atoms with van der Waals surface area (Å²) in [4.78, 5) is 4.49. The number of nitrogens with zero attached hydrogens (tertiary/aromatic N) is 2. The Morgan fingerprint density at radius 2 is 2.17 bits per heavy atom. The van der Waals surface area contributed by atoms with Crippen molar-refractivity contribution in [2.45, 2.75) is 44.7 Å². The molecule has 1 fully saturated rings. The summed E-state index contributed by atoms with van der Waals surface area (Å²) in [6, 6.07) is 9.00. The Morgan fingerprint density at radius 1 is 1.33 bits per heavy atom. The zero-order valence-electron chi connectivity index (χ0n) is 10.9. The van der Waals surface area contributed by atoms with Crippen molar-refractivity contribution in [3.63, 3.8) is 0 Å². The van der Waals surface area contributed by atoms with Gasteiger partial charge in [0.15, 0.2) is 0 Å². The maximum atomic E-state index is 6.33. The number of benzene rings is 1. The Labute approximate surface area is 108 Å². The van der Waals surface area contributed by atoms with E-state index >= 15 is 0 Å². The minimum absolute atomic E-state index is 0.269. The lowest BCUT2D eigenvalue weighted by molar-refractivity contribution is 0.233. The normalized spacial score (nSPS) is 28.7. The molecule has 0 amide bonds. The highest BCUT2D eigenvalue weighted by Crippen LogP contribution is 2.35. The van der Waals surface area contributed by atoms with Crippen molar-refractivity contribution in [3.05, 3.63) is 30.6 Å². The molecule has 0 spiro atoms. The quantitative estimate of drug-likeness (QED) is 0.880. The van der Waals surface area contributed by atoms with Gasteiger partial charge in [0.1, 0.15) is 0 Å². The molecule has 1 saturated carbocycles. The number of imidazole rings is 1. The summed E-state index contributed by atoms with van der Waals surface area (Å²) in [5.41, 5.74) is 8.62. The summed E-state index contributed by atoms with van der Waals surface area (Å²) in [5, 5.41) is 0. The van der Waals surface area contributed by atoms with Gasteiger partial charge in [-0.05, 0) is 37.3 Å². The molecule has 0 radical (unpaired) electrons. The molecule has 1 aliphatic rings. The highest BCUT2D eigenvalue weighted by molar-refractivity contribution is 5.75. The summed E-state index contributed by atoms with van der Waals surface area (Å²) < 4.78 is 2.29. The van der Waals surface area contributed by atoms with E-state index in [1.807, 2.05) is 12.4 Å². The van der Waals surface area contributed by atoms with E-state index in [2.05, 4.69) is 34.7 Å². The van der Waals surface area contributed by atoms with Crippen LogP contribution in [0.2, 0.25) is 0 Å². The smallest absolute Gasteiger partial charge is 0.0961 e. The fourth-order valence-electron chi connectivity index (χ4n) is 3.19. The Kier molecular flexibility index (Phi) is 3.08. The third-order valence-electron chi connectivity index (χ3n) is 4.39. The van der Waals surface area contributed by atoms with Crippen LogP contribution in [-0.4, -0.2) is 15.6 Å². The molecule has 3 heteroatoms. The number of para-hydroxylation sites is 2. The Hall–Kier alpha value is -1.35. The molecule has 0 bridgehead atoms. The molecule has 3 atom stereocenters. The molecule has 18 heavy (non-hydrogen) atoms. The summed E-state index contributed by atoms with van der Waals surface area (Å²) in [6.45, 7) is 2.28. The largest absolute Gasteiger partial charge is 0.326 e. The number of hydrogen-bond acceptors (Lipinski definition) is 2. The Balaban J connectivity index is 1.97. The zero-order valence-corrected chi connectivity index (χ0v) is 10.9. The van der Waals surface area contributed by atoms with Gasteiger partial charge in [-0.3, -0.25) is 0 Å². The second-order valence-corrected chi connectivity index (χ2v) is 5.46. The topological polar surface area (TPSA) is 43.8 Å². The molecule has 1 heterocycles. The molecule has 0 aliphatic heterocycles. The molecule has 1 aromatic heterocycles. The van der Waals surface area contributed by atoms with Crippen LogP contribution in [0.15, 0.2) is 30.6 Å². The van der Waals surface area contributed by atoms with Crippen LogP contribution in [0.3, 0.4) is 0 Å². The lowest BCUT2D eigenvalue weighted by atomic mass is 9.81. The van der Waals surface area contributed by atoms with Crippen LogP contribution in [-0.2, 0) is 0 Å². The SMILES string of the molecule is CCC1CCC(N)C(n2cnc3ccccc32)C1. The molecule has 3 unspecified atom stereocenters. The third kappa shape index (κ3) is 1.93. The van der Waals surface area contributed by atoms with Crippen LogP contribution in [0, 0.1) is 5.92 Å². The van der Waals surface area contributed by atoms with Crippen molar-refractivity contribution in [1.82, 2.24) is 9.55 Å². The van der Waals surface area contributed by atoms with Gasteiger partial charge in [-0.25, -0.2) is 4.98 Å². The third-order valence-corrected chi connectivity index (χ3v) is 4.39. The van der Waals surface area contributed by atoms with Gasteiger partial charge < -0.3 is 10.3 Å². The molecule has 2 aromatic rings. The van der Waals surface area contributed by atoms with Gasteiger partial charge in [-0.2, -0.15) is 0 Å². The molecule has 1 aliphatic carbocycles. The van der Waals surface area contributed by atoms with Gasteiger partial charge in [0.05, 0.1) is 23.4 Å². The molecule has 2 N–H and O–H groups in total. The second kappa shape index (κ2) is 4.73. The first-order valence-electron chi connectivity index (χ1n) is 6.96. The van der Waals surface area contributed by atoms with Gasteiger partial charge in [0.25, 0.3) is 0 Å². The minimum Gasteiger partial charge on any atom is -0.326 e. The van der Waals surface area contributed by atoms with E-state index in [9.17, 15) is 0 Å². The highest BCUT2D eigenvalue weighted by atomic mass is 15.1. The highest BCUT2D eigenvalue weighted by Gasteiger charge is 2.29. The number of aromatic nitrogens is 2. The number of nitrogens with two attached hydrogens (primary N) is 1. The van der Waals surface area contributed by atoms with Crippen molar-refractivity contribution < 1.29 is 0 Å². The van der Waals surface area contributed by atoms with Gasteiger partial charge in [0.2, 0.25) is 0 Å². The average molecular weight is 243 g/mol. The summed E-state index contributed by atoms with van der Waals surface area (Å²) >= 11 is 0. The molecule has 96 valence electrons. The van der Waals surface area contributed by atoms with Crippen molar-refractivity contribution in [2.75, 3.05) is 0 Å². The van der Waals surface area contributed by atoms with E-state index in [0.717, 1.165) is 17.9 Å². The predicted octanol–water partition coefficient (Wildman–Crippen LogP) is 3.11. The summed E-state index contributed by atoms with van der Waals surface area (Å²) in [7, 11) is 0. The fourth-order valence-corrected chi connectivity index (χ4v) is 3.19. The van der Waals surface area contributed by atoms with Gasteiger partial charge in [0, 0.05) is 6.04 Å². The van der Waals surface area contributed by atoms with Crippen molar-refractivity contribution in [1.29, 1.82) is 0 Å². The van der Waals surface area contributed by atoms with Gasteiger partial charge >= 0.3 is 0 Å². The summed E-state index contributed by atoms with van der Waals surface area (Å²) in [6.07, 6.45) is 6.83. The summed E-state index contributed by atoms with van der Waals surface area (Å²) in [5.74, 6) is 0.816. The molecule has 0 saturated heterocycles. The Bertz CT molecular complexity index is 531. The molecular formula is C15H21N3. The lowest BCUT2D eigenvalue weighted by Crippen LogP contribution is -2.37. The fraction of sp³-hybridized carbons (Fsp3) is 0.533. The van der Waals surface area contributed by atoms with Crippen LogP contribution in [0.1, 0.15) is 38.6 Å².